The maximum Gasteiger partial charge on any atom is 0.123 e. The molecule has 19 heavy (non-hydrogen) atoms. The molecule has 1 fully saturated rings. The molecule has 1 aliphatic rings. The highest BCUT2D eigenvalue weighted by atomic mass is 15.1. The summed E-state index contributed by atoms with van der Waals surface area (Å²) in [6.45, 7) is 13.4. The van der Waals surface area contributed by atoms with Crippen molar-refractivity contribution in [3.63, 3.8) is 0 Å². The van der Waals surface area contributed by atoms with Crippen molar-refractivity contribution in [2.75, 3.05) is 0 Å². The highest BCUT2D eigenvalue weighted by Gasteiger charge is 2.38. The van der Waals surface area contributed by atoms with Crippen LogP contribution in [0.4, 0.5) is 0 Å². The van der Waals surface area contributed by atoms with E-state index >= 15 is 0 Å². The number of aromatic nitrogens is 2. The Balaban J connectivity index is 2.02. The number of hydrogen-bond donors (Lipinski definition) is 3. The molecule has 1 aromatic heterocycles. The van der Waals surface area contributed by atoms with Crippen LogP contribution in [-0.2, 0) is 0 Å². The van der Waals surface area contributed by atoms with Crippen molar-refractivity contribution in [1.29, 1.82) is 0 Å². The second kappa shape index (κ2) is 4.91. The molecule has 1 aromatic rings. The molecule has 4 nitrogen and oxygen atoms in total. The van der Waals surface area contributed by atoms with Crippen LogP contribution in [-0.4, -0.2) is 27.1 Å². The molecular weight excluding hydrogens is 236 g/mol. The Morgan fingerprint density at radius 1 is 1.26 bits per heavy atom. The molecule has 0 amide bonds. The molecule has 1 saturated heterocycles. The average molecular weight is 264 g/mol. The summed E-state index contributed by atoms with van der Waals surface area (Å²) in [5.41, 5.74) is 1.48. The lowest BCUT2D eigenvalue weighted by atomic mass is 9.79. The molecule has 1 atom stereocenters. The molecule has 2 rings (SSSR count). The van der Waals surface area contributed by atoms with Crippen LogP contribution in [0.1, 0.15) is 65.0 Å². The summed E-state index contributed by atoms with van der Waals surface area (Å²) in [4.78, 5) is 7.74. The van der Waals surface area contributed by atoms with Gasteiger partial charge in [0.05, 0.1) is 6.04 Å². The zero-order valence-electron chi connectivity index (χ0n) is 13.1. The molecule has 1 unspecified atom stereocenters. The minimum atomic E-state index is 0.179. The van der Waals surface area contributed by atoms with Crippen molar-refractivity contribution >= 4 is 0 Å². The van der Waals surface area contributed by atoms with Crippen LogP contribution < -0.4 is 10.6 Å². The van der Waals surface area contributed by atoms with Crippen molar-refractivity contribution < 1.29 is 0 Å². The van der Waals surface area contributed by atoms with Crippen molar-refractivity contribution in [2.45, 2.75) is 77.5 Å². The molecule has 2 heterocycles. The van der Waals surface area contributed by atoms with E-state index in [9.17, 15) is 0 Å². The molecule has 0 radical (unpaired) electrons. The van der Waals surface area contributed by atoms with E-state index in [2.05, 4.69) is 55.2 Å². The molecular formula is C15H28N4. The number of aryl methyl sites for hydroxylation is 1. The minimum Gasteiger partial charge on any atom is -0.345 e. The monoisotopic (exact) mass is 264 g/mol. The minimum absolute atomic E-state index is 0.179. The first kappa shape index (κ1) is 14.5. The summed E-state index contributed by atoms with van der Waals surface area (Å²) in [7, 11) is 0. The van der Waals surface area contributed by atoms with Crippen LogP contribution in [0.2, 0.25) is 0 Å². The molecule has 4 heteroatoms. The Bertz CT molecular complexity index is 417. The number of hydrogen-bond acceptors (Lipinski definition) is 3. The predicted molar refractivity (Wildman–Crippen MR) is 79.2 cm³/mol. The molecule has 108 valence electrons. The highest BCUT2D eigenvalue weighted by molar-refractivity contribution is 5.05. The van der Waals surface area contributed by atoms with Gasteiger partial charge in [0.2, 0.25) is 0 Å². The normalized spacial score (nSPS) is 24.3. The van der Waals surface area contributed by atoms with Gasteiger partial charge >= 0.3 is 0 Å². The third kappa shape index (κ3) is 3.80. The third-order valence-corrected chi connectivity index (χ3v) is 3.81. The lowest BCUT2D eigenvalue weighted by Gasteiger charge is -2.47. The van der Waals surface area contributed by atoms with Gasteiger partial charge in [-0.2, -0.15) is 0 Å². The molecule has 0 aromatic carbocycles. The van der Waals surface area contributed by atoms with E-state index in [0.717, 1.165) is 24.4 Å². The van der Waals surface area contributed by atoms with E-state index in [0.29, 0.717) is 6.04 Å². The van der Waals surface area contributed by atoms with E-state index in [1.807, 2.05) is 13.1 Å². The summed E-state index contributed by atoms with van der Waals surface area (Å²) in [5.74, 6) is 1.03. The molecule has 0 spiro atoms. The van der Waals surface area contributed by atoms with Gasteiger partial charge in [-0.1, -0.05) is 0 Å². The van der Waals surface area contributed by atoms with Crippen molar-refractivity contribution in [2.24, 2.45) is 0 Å². The van der Waals surface area contributed by atoms with Crippen LogP contribution in [0.15, 0.2) is 6.20 Å². The fourth-order valence-electron chi connectivity index (χ4n) is 3.53. The number of nitrogens with one attached hydrogen (secondary N) is 3. The van der Waals surface area contributed by atoms with Gasteiger partial charge in [0.1, 0.15) is 5.82 Å². The van der Waals surface area contributed by atoms with Crippen LogP contribution in [0.3, 0.4) is 0 Å². The Morgan fingerprint density at radius 2 is 1.84 bits per heavy atom. The number of aromatic amines is 1. The van der Waals surface area contributed by atoms with Crippen molar-refractivity contribution in [1.82, 2.24) is 20.6 Å². The van der Waals surface area contributed by atoms with Gasteiger partial charge in [0.25, 0.3) is 0 Å². The molecule has 0 aliphatic carbocycles. The van der Waals surface area contributed by atoms with Gasteiger partial charge in [-0.25, -0.2) is 4.98 Å². The second-order valence-electron chi connectivity index (χ2n) is 7.34. The van der Waals surface area contributed by atoms with E-state index < -0.39 is 0 Å². The van der Waals surface area contributed by atoms with Crippen molar-refractivity contribution in [3.05, 3.63) is 17.7 Å². The van der Waals surface area contributed by atoms with E-state index in [1.165, 1.54) is 0 Å². The SMILES string of the molecule is Cc1cnc(C(C)NC2CC(C)(C)NC(C)(C)C2)[nH]1. The van der Waals surface area contributed by atoms with Crippen LogP contribution in [0.25, 0.3) is 0 Å². The number of imidazole rings is 1. The number of rotatable bonds is 3. The second-order valence-corrected chi connectivity index (χ2v) is 7.34. The molecule has 0 saturated carbocycles. The van der Waals surface area contributed by atoms with E-state index in [4.69, 9.17) is 0 Å². The Kier molecular flexibility index (Phi) is 3.76. The standard InChI is InChI=1S/C15H28N4/c1-10-9-16-13(17-10)11(2)18-12-7-14(3,4)19-15(5,6)8-12/h9,11-12,18-19H,7-8H2,1-6H3,(H,16,17). The van der Waals surface area contributed by atoms with Gasteiger partial charge in [0, 0.05) is 29.0 Å². The average Bonchev–Trinajstić information content (AvgIpc) is 2.59. The summed E-state index contributed by atoms with van der Waals surface area (Å²) >= 11 is 0. The first-order valence-corrected chi connectivity index (χ1v) is 7.24. The van der Waals surface area contributed by atoms with Crippen molar-refractivity contribution in [3.8, 4) is 0 Å². The Hall–Kier alpha value is -0.870. The summed E-state index contributed by atoms with van der Waals surface area (Å²) in [5, 5.41) is 7.44. The number of piperidine rings is 1. The topological polar surface area (TPSA) is 52.7 Å². The van der Waals surface area contributed by atoms with Crippen LogP contribution >= 0.6 is 0 Å². The summed E-state index contributed by atoms with van der Waals surface area (Å²) in [6.07, 6.45) is 4.17. The largest absolute Gasteiger partial charge is 0.345 e. The first-order chi connectivity index (χ1) is 8.67. The Labute approximate surface area is 116 Å². The number of H-pyrrole nitrogens is 1. The van der Waals surface area contributed by atoms with Gasteiger partial charge < -0.3 is 15.6 Å². The number of nitrogens with zero attached hydrogens (tertiary/aromatic N) is 1. The molecule has 0 bridgehead atoms. The highest BCUT2D eigenvalue weighted by Crippen LogP contribution is 2.29. The quantitative estimate of drug-likeness (QED) is 0.787. The van der Waals surface area contributed by atoms with E-state index in [1.54, 1.807) is 0 Å². The fraction of sp³-hybridized carbons (Fsp3) is 0.800. The van der Waals surface area contributed by atoms with Crippen LogP contribution in [0, 0.1) is 6.92 Å². The fourth-order valence-corrected chi connectivity index (χ4v) is 3.53. The first-order valence-electron chi connectivity index (χ1n) is 7.24. The maximum absolute atomic E-state index is 4.42. The molecule has 3 N–H and O–H groups in total. The predicted octanol–water partition coefficient (Wildman–Crippen LogP) is 2.68. The third-order valence-electron chi connectivity index (χ3n) is 3.81. The van der Waals surface area contributed by atoms with Crippen LogP contribution in [0.5, 0.6) is 0 Å². The molecule has 1 aliphatic heterocycles. The lowest BCUT2D eigenvalue weighted by Crippen LogP contribution is -2.61. The zero-order valence-corrected chi connectivity index (χ0v) is 13.1. The summed E-state index contributed by atoms with van der Waals surface area (Å²) < 4.78 is 0. The van der Waals surface area contributed by atoms with Gasteiger partial charge in [0.15, 0.2) is 0 Å². The zero-order chi connectivity index (χ0) is 14.3. The maximum atomic E-state index is 4.42. The van der Waals surface area contributed by atoms with Gasteiger partial charge in [-0.3, -0.25) is 0 Å². The van der Waals surface area contributed by atoms with E-state index in [-0.39, 0.29) is 17.1 Å². The lowest BCUT2D eigenvalue weighted by molar-refractivity contribution is 0.140. The Morgan fingerprint density at radius 3 is 2.32 bits per heavy atom. The smallest absolute Gasteiger partial charge is 0.123 e. The van der Waals surface area contributed by atoms with Gasteiger partial charge in [-0.05, 0) is 54.4 Å². The van der Waals surface area contributed by atoms with Gasteiger partial charge in [-0.15, -0.1) is 0 Å². The summed E-state index contributed by atoms with van der Waals surface area (Å²) in [6, 6.07) is 0.787.